The van der Waals surface area contributed by atoms with Gasteiger partial charge in [-0.2, -0.15) is 0 Å². The van der Waals surface area contributed by atoms with Crippen molar-refractivity contribution >= 4 is 11.9 Å². The molecule has 5 aliphatic rings. The molecule has 7 rings (SSSR count). The number of benzene rings is 2. The van der Waals surface area contributed by atoms with Crippen LogP contribution in [0.3, 0.4) is 0 Å². The number of carbonyl (C=O) groups excluding carboxylic acids is 2. The second-order valence-electron chi connectivity index (χ2n) is 14.3. The molecule has 218 valence electrons. The largest absolute Gasteiger partial charge is 0.458 e. The van der Waals surface area contributed by atoms with E-state index < -0.39 is 6.10 Å². The number of piperidine rings is 1. The van der Waals surface area contributed by atoms with E-state index in [4.69, 9.17) is 9.47 Å². The summed E-state index contributed by atoms with van der Waals surface area (Å²) < 4.78 is 12.2. The molecule has 41 heavy (non-hydrogen) atoms. The highest BCUT2D eigenvalue weighted by Crippen LogP contribution is 2.75. The summed E-state index contributed by atoms with van der Waals surface area (Å²) in [7, 11) is 0. The molecule has 6 heteroatoms. The van der Waals surface area contributed by atoms with Crippen molar-refractivity contribution in [2.75, 3.05) is 26.2 Å². The van der Waals surface area contributed by atoms with Gasteiger partial charge in [-0.25, -0.2) is 9.59 Å². The summed E-state index contributed by atoms with van der Waals surface area (Å²) in [5.41, 5.74) is 1.07. The number of fused-ring (bicyclic) bond motifs is 1. The molecule has 4 aliphatic carbocycles. The van der Waals surface area contributed by atoms with Crippen molar-refractivity contribution in [1.29, 1.82) is 0 Å². The second-order valence-corrected chi connectivity index (χ2v) is 14.3. The minimum Gasteiger partial charge on any atom is -0.458 e. The lowest BCUT2D eigenvalue weighted by Gasteiger charge is -2.68. The molecule has 0 aromatic heterocycles. The molecule has 4 saturated carbocycles. The van der Waals surface area contributed by atoms with Crippen LogP contribution in [-0.2, 0) is 9.47 Å². The van der Waals surface area contributed by atoms with E-state index in [0.717, 1.165) is 38.9 Å². The van der Waals surface area contributed by atoms with Gasteiger partial charge >= 0.3 is 11.9 Å². The summed E-state index contributed by atoms with van der Waals surface area (Å²) in [4.78, 5) is 27.5. The highest BCUT2D eigenvalue weighted by molar-refractivity contribution is 5.89. The molecule has 6 nitrogen and oxygen atoms in total. The number of hydrogen-bond acceptors (Lipinski definition) is 5. The van der Waals surface area contributed by atoms with E-state index in [2.05, 4.69) is 13.8 Å². The first-order chi connectivity index (χ1) is 19.8. The number of nitrogens with one attached hydrogen (secondary N) is 1. The van der Waals surface area contributed by atoms with Gasteiger partial charge in [0, 0.05) is 16.2 Å². The Morgan fingerprint density at radius 1 is 0.927 bits per heavy atom. The third kappa shape index (κ3) is 4.11. The maximum Gasteiger partial charge on any atom is 0.338 e. The zero-order valence-corrected chi connectivity index (χ0v) is 24.4. The van der Waals surface area contributed by atoms with E-state index in [1.165, 1.54) is 24.2 Å². The molecular formula is C35H44NO5+. The van der Waals surface area contributed by atoms with Crippen LogP contribution in [0.5, 0.6) is 0 Å². The normalized spacial score (nSPS) is 42.2. The average molecular weight is 559 g/mol. The Morgan fingerprint density at radius 3 is 2.29 bits per heavy atom. The Labute approximate surface area is 243 Å². The number of rotatable bonds is 6. The van der Waals surface area contributed by atoms with Crippen LogP contribution in [0.1, 0.15) is 73.1 Å². The summed E-state index contributed by atoms with van der Waals surface area (Å²) >= 11 is 0. The molecule has 10 atom stereocenters. The summed E-state index contributed by atoms with van der Waals surface area (Å²) in [5, 5.41) is 11.9. The van der Waals surface area contributed by atoms with Crippen molar-refractivity contribution < 1.29 is 29.1 Å². The Kier molecular flexibility index (Phi) is 6.59. The number of quaternary nitrogens is 1. The zero-order valence-electron chi connectivity index (χ0n) is 24.4. The molecule has 2 aromatic carbocycles. The summed E-state index contributed by atoms with van der Waals surface area (Å²) in [5.74, 6) is 1.01. The number of likely N-dealkylation sites (tertiary alicyclic amines) is 1. The van der Waals surface area contributed by atoms with E-state index in [1.54, 1.807) is 12.1 Å². The van der Waals surface area contributed by atoms with E-state index >= 15 is 0 Å². The van der Waals surface area contributed by atoms with Crippen LogP contribution in [-0.4, -0.2) is 55.5 Å². The standard InChI is InChI=1S/C35H43NO5/c1-23-26-18-28-34-15-9-14-33(2,21-36(22-34)16-17-40-31(38)24-10-5-3-6-11-24)27(34)19-29(35(28,20-26)30(23)37)41-32(39)25-12-7-4-8-13-25/h3-8,10-13,23,26-30,37H,9,14-22H2,1-2H3/p+1/t23-,26-,27?,28?,29?,30?,33+,34+,35-/m1/s1. The van der Waals surface area contributed by atoms with Crippen LogP contribution in [0.4, 0.5) is 0 Å². The maximum atomic E-state index is 13.4. The lowest BCUT2D eigenvalue weighted by molar-refractivity contribution is -0.926. The smallest absolute Gasteiger partial charge is 0.338 e. The predicted molar refractivity (Wildman–Crippen MR) is 154 cm³/mol. The molecule has 5 unspecified atom stereocenters. The molecule has 1 saturated heterocycles. The summed E-state index contributed by atoms with van der Waals surface area (Å²) in [6.45, 7) is 7.97. The van der Waals surface area contributed by atoms with Gasteiger partial charge in [0.25, 0.3) is 0 Å². The molecule has 4 bridgehead atoms. The summed E-state index contributed by atoms with van der Waals surface area (Å²) in [6.07, 6.45) is 5.81. The average Bonchev–Trinajstić information content (AvgIpc) is 3.50. The van der Waals surface area contributed by atoms with Gasteiger partial charge in [0.1, 0.15) is 19.3 Å². The lowest BCUT2D eigenvalue weighted by Crippen LogP contribution is -3.17. The van der Waals surface area contributed by atoms with Crippen molar-refractivity contribution in [3.8, 4) is 0 Å². The van der Waals surface area contributed by atoms with Crippen molar-refractivity contribution in [1.82, 2.24) is 0 Å². The highest BCUT2D eigenvalue weighted by atomic mass is 16.5. The van der Waals surface area contributed by atoms with Crippen molar-refractivity contribution in [2.45, 2.75) is 64.6 Å². The SMILES string of the molecule is C[C@H]1C(O)[C@]23C[C@H]1CC2[C@@]12CCC[C@@](C)(C[NH+](CCOC(=O)c4ccccc4)C1)C2CC3OC(=O)c1ccccc1. The minimum absolute atomic E-state index is 0.121. The first-order valence-corrected chi connectivity index (χ1v) is 15.8. The molecule has 0 radical (unpaired) electrons. The molecule has 0 amide bonds. The van der Waals surface area contributed by atoms with Gasteiger partial charge in [-0.05, 0) is 80.0 Å². The fraction of sp³-hybridized carbons (Fsp3) is 0.600. The van der Waals surface area contributed by atoms with Gasteiger partial charge in [-0.1, -0.05) is 56.7 Å². The van der Waals surface area contributed by atoms with Crippen molar-refractivity contribution in [3.63, 3.8) is 0 Å². The minimum atomic E-state index is -0.444. The molecule has 2 N–H and O–H groups in total. The molecule has 1 spiro atoms. The van der Waals surface area contributed by atoms with Gasteiger partial charge in [0.2, 0.25) is 0 Å². The van der Waals surface area contributed by atoms with Crippen LogP contribution in [0.2, 0.25) is 0 Å². The first-order valence-electron chi connectivity index (χ1n) is 15.8. The molecule has 5 fully saturated rings. The Hall–Kier alpha value is -2.70. The monoisotopic (exact) mass is 558 g/mol. The maximum absolute atomic E-state index is 13.4. The fourth-order valence-corrected chi connectivity index (χ4v) is 10.9. The van der Waals surface area contributed by atoms with Gasteiger partial charge in [-0.3, -0.25) is 0 Å². The van der Waals surface area contributed by atoms with Gasteiger partial charge in [-0.15, -0.1) is 0 Å². The molecule has 1 heterocycles. The Bertz CT molecular complexity index is 1300. The fourth-order valence-electron chi connectivity index (χ4n) is 10.9. The lowest BCUT2D eigenvalue weighted by atomic mass is 9.39. The zero-order chi connectivity index (χ0) is 28.4. The third-order valence-corrected chi connectivity index (χ3v) is 12.5. The second kappa shape index (κ2) is 9.95. The number of aliphatic hydroxyl groups excluding tert-OH is 1. The Balaban J connectivity index is 1.16. The van der Waals surface area contributed by atoms with Crippen LogP contribution in [0.25, 0.3) is 0 Å². The summed E-state index contributed by atoms with van der Waals surface area (Å²) in [6, 6.07) is 18.6. The quantitative estimate of drug-likeness (QED) is 0.520. The van der Waals surface area contributed by atoms with E-state index in [9.17, 15) is 14.7 Å². The van der Waals surface area contributed by atoms with Crippen molar-refractivity contribution in [2.24, 2.45) is 39.9 Å². The van der Waals surface area contributed by atoms with E-state index in [-0.39, 0.29) is 40.2 Å². The number of ether oxygens (including phenoxy) is 2. The van der Waals surface area contributed by atoms with Gasteiger partial charge in [0.15, 0.2) is 0 Å². The topological polar surface area (TPSA) is 77.3 Å². The van der Waals surface area contributed by atoms with Crippen LogP contribution in [0, 0.1) is 39.9 Å². The molecule has 1 aliphatic heterocycles. The number of esters is 2. The van der Waals surface area contributed by atoms with Crippen LogP contribution < -0.4 is 4.90 Å². The van der Waals surface area contributed by atoms with Gasteiger partial charge < -0.3 is 19.5 Å². The van der Waals surface area contributed by atoms with Crippen LogP contribution >= 0.6 is 0 Å². The Morgan fingerprint density at radius 2 is 1.61 bits per heavy atom. The molecular weight excluding hydrogens is 514 g/mol. The highest BCUT2D eigenvalue weighted by Gasteiger charge is 2.77. The van der Waals surface area contributed by atoms with Gasteiger partial charge in [0.05, 0.1) is 30.3 Å². The number of hydrogen-bond donors (Lipinski definition) is 2. The number of carbonyl (C=O) groups is 2. The van der Waals surface area contributed by atoms with Crippen molar-refractivity contribution in [3.05, 3.63) is 71.8 Å². The van der Waals surface area contributed by atoms with E-state index in [0.29, 0.717) is 35.5 Å². The predicted octanol–water partition coefficient (Wildman–Crippen LogP) is 4.19. The number of aliphatic hydroxyl groups is 1. The first kappa shape index (κ1) is 27.2. The molecule has 2 aromatic rings. The van der Waals surface area contributed by atoms with E-state index in [1.807, 2.05) is 48.5 Å². The third-order valence-electron chi connectivity index (χ3n) is 12.5. The van der Waals surface area contributed by atoms with Crippen LogP contribution in [0.15, 0.2) is 60.7 Å².